The molecule has 6 aromatic carbocycles. The number of nitro benzene ring substituents is 1. The molecule has 1 atom stereocenters. The fraction of sp³-hybridized carbons (Fsp3) is 0.104. The average Bonchev–Trinajstić information content (AvgIpc) is 3.76. The molecule has 282 valence electrons. The normalized spacial score (nSPS) is 17.5. The number of hydrogen-bond acceptors (Lipinski definition) is 6. The van der Waals surface area contributed by atoms with Crippen LogP contribution in [-0.2, 0) is 8.86 Å². The van der Waals surface area contributed by atoms with Gasteiger partial charge in [-0.3, -0.25) is 9.59 Å². The predicted molar refractivity (Wildman–Crippen MR) is 218 cm³/mol. The van der Waals surface area contributed by atoms with Crippen LogP contribution >= 0.6 is 11.6 Å². The number of Topliss-reactive ketones (excluding diaryl/α,β-unsaturated/α-hetero) is 3. The van der Waals surface area contributed by atoms with E-state index in [0.717, 1.165) is 41.5 Å². The summed E-state index contributed by atoms with van der Waals surface area (Å²) in [5.74, 6) is -1.40. The Morgan fingerprint density at radius 3 is 1.86 bits per heavy atom. The van der Waals surface area contributed by atoms with Crippen LogP contribution in [0.25, 0.3) is 27.3 Å². The summed E-state index contributed by atoms with van der Waals surface area (Å²) in [6, 6.07) is 38.1. The third kappa shape index (κ3) is 6.52. The Kier molecular flexibility index (Phi) is 9.13. The first-order valence-electron chi connectivity index (χ1n) is 18.4. The molecule has 0 spiro atoms. The molecule has 1 unspecified atom stereocenters. The van der Waals surface area contributed by atoms with Gasteiger partial charge < -0.3 is 0 Å². The maximum atomic E-state index is 13.9. The summed E-state index contributed by atoms with van der Waals surface area (Å²) in [4.78, 5) is 53.8. The summed E-state index contributed by atoms with van der Waals surface area (Å²) in [7, 11) is 0. The van der Waals surface area contributed by atoms with Crippen LogP contribution in [0.1, 0.15) is 60.6 Å². The molecule has 3 aliphatic rings. The Balaban J connectivity index is 1.00. The third-order valence-electron chi connectivity index (χ3n) is 11.1. The molecule has 0 bridgehead atoms. The number of fused-ring (bicyclic) bond motifs is 4. The van der Waals surface area contributed by atoms with E-state index in [2.05, 4.69) is 29.2 Å². The Morgan fingerprint density at radius 2 is 1.21 bits per heavy atom. The van der Waals surface area contributed by atoms with E-state index in [-0.39, 0.29) is 44.9 Å². The number of alkyl halides is 3. The van der Waals surface area contributed by atoms with Crippen molar-refractivity contribution >= 4 is 61.9 Å². The van der Waals surface area contributed by atoms with Gasteiger partial charge in [0, 0.05) is 11.1 Å². The Bertz CT molecular complexity index is 2850. The van der Waals surface area contributed by atoms with E-state index in [1.54, 1.807) is 42.5 Å². The molecule has 0 heterocycles. The molecule has 0 aliphatic heterocycles. The molecular formula is C48H33ClINO6-2. The molecule has 0 saturated carbocycles. The number of carbonyl (C=O) groups excluding carboxylic acids is 3. The van der Waals surface area contributed by atoms with Crippen molar-refractivity contribution in [2.45, 2.75) is 21.7 Å². The van der Waals surface area contributed by atoms with Gasteiger partial charge in [0.15, 0.2) is 11.6 Å². The van der Waals surface area contributed by atoms with E-state index >= 15 is 0 Å². The molecule has 0 N–H and O–H groups in total. The first kappa shape index (κ1) is 36.7. The second kappa shape index (κ2) is 14.2. The molecule has 9 heteroatoms. The average molecular weight is 882 g/mol. The first-order valence-corrected chi connectivity index (χ1v) is 25.0. The van der Waals surface area contributed by atoms with Crippen molar-refractivity contribution in [3.05, 3.63) is 208 Å². The second-order valence-electron chi connectivity index (χ2n) is 14.8. The zero-order valence-corrected chi connectivity index (χ0v) is 33.6. The van der Waals surface area contributed by atoms with Crippen LogP contribution in [0.15, 0.2) is 161 Å². The van der Waals surface area contributed by atoms with E-state index in [1.807, 2.05) is 66.7 Å². The number of halogens is 2. The second-order valence-corrected chi connectivity index (χ2v) is 24.7. The van der Waals surface area contributed by atoms with Crippen LogP contribution in [-0.4, -0.2) is 27.2 Å². The van der Waals surface area contributed by atoms with Gasteiger partial charge in [-0.25, -0.2) is 0 Å². The molecule has 3 aliphatic carbocycles. The number of allylic oxidation sites excluding steroid dienone is 7. The number of rotatable bonds is 8. The summed E-state index contributed by atoms with van der Waals surface area (Å²) in [5.41, 5.74) is 5.04. The van der Waals surface area contributed by atoms with Gasteiger partial charge in [-0.1, -0.05) is 24.3 Å². The van der Waals surface area contributed by atoms with Gasteiger partial charge >= 0.3 is 248 Å². The zero-order chi connectivity index (χ0) is 39.6. The van der Waals surface area contributed by atoms with Crippen molar-refractivity contribution in [2.24, 2.45) is 0 Å². The summed E-state index contributed by atoms with van der Waals surface area (Å²) in [5, 5.41) is 29.0. The summed E-state index contributed by atoms with van der Waals surface area (Å²) in [6.45, 7) is 0. The monoisotopic (exact) mass is 881 g/mol. The molecule has 0 aromatic heterocycles. The number of nitro groups is 1. The molecule has 6 aromatic rings. The van der Waals surface area contributed by atoms with Gasteiger partial charge in [0.05, 0.1) is 5.57 Å². The van der Waals surface area contributed by atoms with E-state index in [0.29, 0.717) is 51.3 Å². The maximum absolute atomic E-state index is 13.9. The van der Waals surface area contributed by atoms with Gasteiger partial charge in [-0.05, 0) is 29.0 Å². The summed E-state index contributed by atoms with van der Waals surface area (Å²) >= 11 is 4.06. The van der Waals surface area contributed by atoms with Crippen LogP contribution < -0.4 is 23.5 Å². The van der Waals surface area contributed by atoms with Crippen molar-refractivity contribution < 1.29 is 42.8 Å². The Hall–Kier alpha value is -5.97. The van der Waals surface area contributed by atoms with E-state index in [1.165, 1.54) is 3.57 Å². The molecular weight excluding hydrogens is 849 g/mol. The van der Waals surface area contributed by atoms with Crippen LogP contribution in [0.2, 0.25) is 0 Å². The summed E-state index contributed by atoms with van der Waals surface area (Å²) < 4.78 is 2.97. The molecule has 0 amide bonds. The minimum absolute atomic E-state index is 0.0454. The van der Waals surface area contributed by atoms with Crippen molar-refractivity contribution in [1.82, 2.24) is 0 Å². The molecule has 57 heavy (non-hydrogen) atoms. The summed E-state index contributed by atoms with van der Waals surface area (Å²) in [6.07, 6.45) is 4.05. The van der Waals surface area contributed by atoms with Gasteiger partial charge in [0.2, 0.25) is 0 Å². The van der Waals surface area contributed by atoms with Gasteiger partial charge in [-0.2, -0.15) is 0 Å². The third-order valence-corrected chi connectivity index (χ3v) is 20.4. The van der Waals surface area contributed by atoms with Gasteiger partial charge in [0.25, 0.3) is 0 Å². The van der Waals surface area contributed by atoms with Crippen LogP contribution in [0.4, 0.5) is 5.69 Å². The Morgan fingerprint density at radius 1 is 0.649 bits per heavy atom. The van der Waals surface area contributed by atoms with E-state index < -0.39 is 18.4 Å². The van der Waals surface area contributed by atoms with Gasteiger partial charge in [-0.15, -0.1) is 0 Å². The minimum atomic E-state index is -2.79. The zero-order valence-electron chi connectivity index (χ0n) is 30.7. The first-order chi connectivity index (χ1) is 27.5. The number of non-ortho nitro benzene ring substituents is 1. The van der Waals surface area contributed by atoms with Crippen LogP contribution in [0, 0.1) is 13.7 Å². The van der Waals surface area contributed by atoms with Crippen molar-refractivity contribution in [3.8, 4) is 0 Å². The number of ketones is 3. The predicted octanol–water partition coefficient (Wildman–Crippen LogP) is 6.75. The standard InChI is InChI=1S/C48H34ClINO6/c1-50(36-9-3-2-4-10-36,26-28-12-17-37(18-13-28)51(56)57)27-29-11-14-32-22-40-41(25-35(32)19-29)48(55)43(47(40)54)24-34-16-15-33(44(34)49)23-42-45(52)38-20-30-7-5-6-8-31(30)21-39(38)46(42)53/h2-14,17-25,55H,15-16,26-27H2,1H3/q-1/p-1. The number of benzene rings is 6. The number of nitrogens with zero attached hydrogens (tertiary/aromatic N) is 1. The molecule has 7 nitrogen and oxygen atoms in total. The van der Waals surface area contributed by atoms with Crippen LogP contribution in [0.3, 0.4) is 0 Å². The Labute approximate surface area is 337 Å². The van der Waals surface area contributed by atoms with Gasteiger partial charge in [0.1, 0.15) is 0 Å². The van der Waals surface area contributed by atoms with Crippen molar-refractivity contribution in [1.29, 1.82) is 0 Å². The number of carbonyl (C=O) groups is 3. The fourth-order valence-electron chi connectivity index (χ4n) is 8.09. The number of hydrogen-bond donors (Lipinski definition) is 0. The molecule has 0 saturated heterocycles. The van der Waals surface area contributed by atoms with Crippen molar-refractivity contribution in [2.75, 3.05) is 4.93 Å². The van der Waals surface area contributed by atoms with E-state index in [9.17, 15) is 29.6 Å². The van der Waals surface area contributed by atoms with Crippen molar-refractivity contribution in [3.63, 3.8) is 0 Å². The molecule has 0 fully saturated rings. The van der Waals surface area contributed by atoms with E-state index in [4.69, 9.17) is 11.6 Å². The SMILES string of the molecule is C[I-](Cc1ccc([N+](=O)[O-])cc1)(Cc1ccc2cc3c(cc2c1)C([O-])=C(C=C1CCC(C=C2C(=O)c4cc5ccccc5cc4C2=O)=C1Cl)C3=O)c1ccccc1. The molecule has 9 rings (SSSR count). The quantitative estimate of drug-likeness (QED) is 0.0418. The fourth-order valence-corrected chi connectivity index (χ4v) is 16.6. The van der Waals surface area contributed by atoms with Crippen LogP contribution in [0.5, 0.6) is 0 Å². The molecule has 0 radical (unpaired) electrons. The topological polar surface area (TPSA) is 117 Å².